The minimum atomic E-state index is -0.636. The number of benzene rings is 9. The van der Waals surface area contributed by atoms with Crippen molar-refractivity contribution in [1.29, 1.82) is 0 Å². The first-order valence-corrected chi connectivity index (χ1v) is 21.8. The van der Waals surface area contributed by atoms with E-state index in [1.807, 2.05) is 11.3 Å². The lowest BCUT2D eigenvalue weighted by atomic mass is 9.66. The smallest absolute Gasteiger partial charge is 0.164 e. The highest BCUT2D eigenvalue weighted by Crippen LogP contribution is 2.58. The highest BCUT2D eigenvalue weighted by atomic mass is 32.1. The molecule has 62 heavy (non-hydrogen) atoms. The van der Waals surface area contributed by atoms with Gasteiger partial charge in [-0.05, 0) is 67.8 Å². The largest absolute Gasteiger partial charge is 0.208 e. The summed E-state index contributed by atoms with van der Waals surface area (Å²) in [7, 11) is 0. The normalized spacial score (nSPS) is 12.6. The first-order valence-electron chi connectivity index (χ1n) is 21.0. The van der Waals surface area contributed by atoms with Crippen molar-refractivity contribution in [3.8, 4) is 67.5 Å². The highest BCUT2D eigenvalue weighted by molar-refractivity contribution is 7.26. The molecule has 12 rings (SSSR count). The summed E-state index contributed by atoms with van der Waals surface area (Å²) in [6, 6.07) is 80.3. The maximum absolute atomic E-state index is 5.51. The molecule has 1 aliphatic rings. The van der Waals surface area contributed by atoms with Gasteiger partial charge >= 0.3 is 0 Å². The predicted octanol–water partition coefficient (Wildman–Crippen LogP) is 14.9. The second kappa shape index (κ2) is 14.7. The Bertz CT molecular complexity index is 3430. The molecule has 0 saturated carbocycles. The van der Waals surface area contributed by atoms with Crippen LogP contribution in [0.1, 0.15) is 22.3 Å². The van der Waals surface area contributed by atoms with Gasteiger partial charge < -0.3 is 0 Å². The third-order valence-electron chi connectivity index (χ3n) is 12.4. The molecule has 0 N–H and O–H groups in total. The maximum atomic E-state index is 5.51. The lowest BCUT2D eigenvalue weighted by molar-refractivity contribution is 0.769. The van der Waals surface area contributed by atoms with Gasteiger partial charge in [-0.1, -0.05) is 212 Å². The number of fused-ring (bicyclic) bond motifs is 6. The molecule has 11 aromatic rings. The highest BCUT2D eigenvalue weighted by Gasteiger charge is 2.47. The van der Waals surface area contributed by atoms with Gasteiger partial charge in [-0.15, -0.1) is 11.3 Å². The van der Waals surface area contributed by atoms with E-state index < -0.39 is 5.41 Å². The van der Waals surface area contributed by atoms with Crippen LogP contribution in [0, 0.1) is 0 Å². The summed E-state index contributed by atoms with van der Waals surface area (Å²) in [5, 5.41) is 2.56. The van der Waals surface area contributed by atoms with E-state index in [2.05, 4.69) is 224 Å². The summed E-state index contributed by atoms with van der Waals surface area (Å²) in [6.07, 6.45) is 0. The lowest BCUT2D eigenvalue weighted by Crippen LogP contribution is -2.29. The van der Waals surface area contributed by atoms with Gasteiger partial charge in [0.05, 0.1) is 5.41 Å². The fraction of sp³-hybridized carbons (Fsp3) is 0.0172. The van der Waals surface area contributed by atoms with Crippen molar-refractivity contribution in [3.63, 3.8) is 0 Å². The summed E-state index contributed by atoms with van der Waals surface area (Å²) in [5.74, 6) is 1.88. The van der Waals surface area contributed by atoms with Gasteiger partial charge in [0.2, 0.25) is 0 Å². The Hall–Kier alpha value is -7.79. The number of hydrogen-bond donors (Lipinski definition) is 0. The standard InChI is InChI=1S/C58H37N3S/c1-4-19-38(20-5-1)43-27-10-11-30-49(43)56-59-55(40-22-16-21-39(37-40)44-31-17-33-48-46-29-13-15-36-52(46)62-54(44)48)60-57(61-56)50-34-18-32-47-45-28-12-14-35-51(45)58(53(47)50,41-23-6-2-7-24-41)42-25-8-3-9-26-42/h1-37H. The van der Waals surface area contributed by atoms with E-state index in [1.54, 1.807) is 0 Å². The molecule has 3 nitrogen and oxygen atoms in total. The van der Waals surface area contributed by atoms with E-state index in [0.29, 0.717) is 17.5 Å². The maximum Gasteiger partial charge on any atom is 0.164 e. The van der Waals surface area contributed by atoms with E-state index in [1.165, 1.54) is 59.1 Å². The van der Waals surface area contributed by atoms with Crippen LogP contribution >= 0.6 is 11.3 Å². The van der Waals surface area contributed by atoms with Crippen molar-refractivity contribution in [2.75, 3.05) is 0 Å². The van der Waals surface area contributed by atoms with E-state index in [0.717, 1.165) is 33.4 Å². The molecule has 2 aromatic heterocycles. The fourth-order valence-electron chi connectivity index (χ4n) is 9.78. The number of rotatable bonds is 7. The summed E-state index contributed by atoms with van der Waals surface area (Å²) in [6.45, 7) is 0. The molecule has 0 aliphatic heterocycles. The van der Waals surface area contributed by atoms with Crippen LogP contribution < -0.4 is 0 Å². The Labute approximate surface area is 364 Å². The molecule has 2 heterocycles. The number of hydrogen-bond acceptors (Lipinski definition) is 4. The van der Waals surface area contributed by atoms with Crippen LogP contribution in [0.3, 0.4) is 0 Å². The van der Waals surface area contributed by atoms with Crippen LogP contribution in [0.5, 0.6) is 0 Å². The van der Waals surface area contributed by atoms with Crippen LogP contribution in [-0.2, 0) is 5.41 Å². The van der Waals surface area contributed by atoms with Gasteiger partial charge in [0.25, 0.3) is 0 Å². The first-order chi connectivity index (χ1) is 30.8. The van der Waals surface area contributed by atoms with Gasteiger partial charge in [-0.3, -0.25) is 0 Å². The van der Waals surface area contributed by atoms with E-state index in [-0.39, 0.29) is 0 Å². The monoisotopic (exact) mass is 807 g/mol. The zero-order valence-corrected chi connectivity index (χ0v) is 34.4. The second-order valence-corrected chi connectivity index (χ2v) is 16.9. The molecule has 0 atom stereocenters. The Morgan fingerprint density at radius 2 is 0.823 bits per heavy atom. The minimum Gasteiger partial charge on any atom is -0.208 e. The van der Waals surface area contributed by atoms with Crippen LogP contribution in [0.25, 0.3) is 87.7 Å². The van der Waals surface area contributed by atoms with Crippen molar-refractivity contribution in [2.45, 2.75) is 5.41 Å². The van der Waals surface area contributed by atoms with E-state index in [4.69, 9.17) is 15.0 Å². The fourth-order valence-corrected chi connectivity index (χ4v) is 11.0. The molecule has 0 unspecified atom stereocenters. The summed E-state index contributed by atoms with van der Waals surface area (Å²) < 4.78 is 2.56. The van der Waals surface area contributed by atoms with Gasteiger partial charge in [0.15, 0.2) is 17.5 Å². The zero-order valence-electron chi connectivity index (χ0n) is 33.6. The van der Waals surface area contributed by atoms with Crippen LogP contribution in [0.15, 0.2) is 224 Å². The second-order valence-electron chi connectivity index (χ2n) is 15.8. The minimum absolute atomic E-state index is 0.622. The predicted molar refractivity (Wildman–Crippen MR) is 257 cm³/mol. The van der Waals surface area contributed by atoms with Gasteiger partial charge in [0, 0.05) is 36.9 Å². The summed E-state index contributed by atoms with van der Waals surface area (Å²) in [5.41, 5.74) is 13.9. The SMILES string of the molecule is c1ccc(-c2ccccc2-c2nc(-c3cccc(-c4cccc5c4sc4ccccc45)c3)nc(-c3cccc4c3C(c3ccccc3)(c3ccccc3)c3ccccc3-4)n2)cc1. The Morgan fingerprint density at radius 3 is 1.60 bits per heavy atom. The van der Waals surface area contributed by atoms with E-state index in [9.17, 15) is 0 Å². The lowest BCUT2D eigenvalue weighted by Gasteiger charge is -2.35. The third kappa shape index (κ3) is 5.68. The number of nitrogens with zero attached hydrogens (tertiary/aromatic N) is 3. The molecular formula is C58H37N3S. The molecule has 0 bridgehead atoms. The average molecular weight is 808 g/mol. The Balaban J connectivity index is 1.13. The van der Waals surface area contributed by atoms with Crippen LogP contribution in [-0.4, -0.2) is 15.0 Å². The van der Waals surface area contributed by atoms with Crippen LogP contribution in [0.2, 0.25) is 0 Å². The third-order valence-corrected chi connectivity index (χ3v) is 13.7. The van der Waals surface area contributed by atoms with Crippen molar-refractivity contribution >= 4 is 31.5 Å². The zero-order chi connectivity index (χ0) is 41.0. The Morgan fingerprint density at radius 1 is 0.323 bits per heavy atom. The molecular weight excluding hydrogens is 771 g/mol. The van der Waals surface area contributed by atoms with Crippen molar-refractivity contribution in [2.24, 2.45) is 0 Å². The topological polar surface area (TPSA) is 38.7 Å². The molecule has 0 spiro atoms. The molecule has 0 saturated heterocycles. The van der Waals surface area contributed by atoms with Crippen molar-refractivity contribution < 1.29 is 0 Å². The molecule has 0 amide bonds. The first kappa shape index (κ1) is 36.1. The molecule has 0 radical (unpaired) electrons. The van der Waals surface area contributed by atoms with Gasteiger partial charge in [0.1, 0.15) is 0 Å². The van der Waals surface area contributed by atoms with Crippen molar-refractivity contribution in [1.82, 2.24) is 15.0 Å². The number of thiophene rings is 1. The number of aromatic nitrogens is 3. The van der Waals surface area contributed by atoms with Gasteiger partial charge in [-0.25, -0.2) is 15.0 Å². The summed E-state index contributed by atoms with van der Waals surface area (Å²) >= 11 is 1.84. The summed E-state index contributed by atoms with van der Waals surface area (Å²) in [4.78, 5) is 16.4. The van der Waals surface area contributed by atoms with Crippen molar-refractivity contribution in [3.05, 3.63) is 247 Å². The molecule has 290 valence electrons. The van der Waals surface area contributed by atoms with E-state index >= 15 is 0 Å². The quantitative estimate of drug-likeness (QED) is 0.161. The molecule has 0 fully saturated rings. The Kier molecular flexibility index (Phi) is 8.58. The molecule has 9 aromatic carbocycles. The molecule has 4 heteroatoms. The van der Waals surface area contributed by atoms with Gasteiger partial charge in [-0.2, -0.15) is 0 Å². The average Bonchev–Trinajstić information content (AvgIpc) is 3.89. The molecule has 1 aliphatic carbocycles. The van der Waals surface area contributed by atoms with Crippen LogP contribution in [0.4, 0.5) is 0 Å².